The molecule has 2 unspecified atom stereocenters. The van der Waals surface area contributed by atoms with Crippen LogP contribution in [-0.4, -0.2) is 6.54 Å². The van der Waals surface area contributed by atoms with Gasteiger partial charge < -0.3 is 5.32 Å². The van der Waals surface area contributed by atoms with E-state index < -0.39 is 11.6 Å². The maximum absolute atomic E-state index is 13.4. The van der Waals surface area contributed by atoms with Gasteiger partial charge in [-0.15, -0.1) is 0 Å². The van der Waals surface area contributed by atoms with E-state index in [1.54, 1.807) is 6.07 Å². The third-order valence-corrected chi connectivity index (χ3v) is 4.05. The summed E-state index contributed by atoms with van der Waals surface area (Å²) in [6.45, 7) is 11.8. The Morgan fingerprint density at radius 2 is 1.80 bits per heavy atom. The molecule has 0 spiro atoms. The zero-order chi connectivity index (χ0) is 15.3. The van der Waals surface area contributed by atoms with E-state index in [0.717, 1.165) is 24.9 Å². The average molecular weight is 283 g/mol. The van der Waals surface area contributed by atoms with Gasteiger partial charge in [-0.2, -0.15) is 0 Å². The largest absolute Gasteiger partial charge is 0.310 e. The molecule has 1 aromatic rings. The molecule has 0 aliphatic heterocycles. The molecule has 114 valence electrons. The van der Waals surface area contributed by atoms with Crippen LogP contribution in [0, 0.1) is 23.0 Å². The van der Waals surface area contributed by atoms with E-state index in [9.17, 15) is 8.78 Å². The van der Waals surface area contributed by atoms with Crippen molar-refractivity contribution < 1.29 is 8.78 Å². The molecular formula is C17H27F2N. The first-order valence-electron chi connectivity index (χ1n) is 7.44. The Morgan fingerprint density at radius 1 is 1.15 bits per heavy atom. The third-order valence-electron chi connectivity index (χ3n) is 4.05. The van der Waals surface area contributed by atoms with Crippen molar-refractivity contribution in [1.82, 2.24) is 5.32 Å². The minimum absolute atomic E-state index is 0.0688. The number of nitrogens with one attached hydrogen (secondary N) is 1. The molecule has 0 heterocycles. The Morgan fingerprint density at radius 3 is 2.30 bits per heavy atom. The number of halogens is 2. The van der Waals surface area contributed by atoms with Crippen LogP contribution in [0.4, 0.5) is 8.78 Å². The molecule has 0 aliphatic rings. The van der Waals surface area contributed by atoms with E-state index in [1.807, 2.05) is 0 Å². The summed E-state index contributed by atoms with van der Waals surface area (Å²) in [6.07, 6.45) is 1.93. The topological polar surface area (TPSA) is 12.0 Å². The minimum atomic E-state index is -0.785. The van der Waals surface area contributed by atoms with Gasteiger partial charge in [-0.25, -0.2) is 8.78 Å². The molecule has 1 aromatic carbocycles. The minimum Gasteiger partial charge on any atom is -0.310 e. The van der Waals surface area contributed by atoms with Crippen molar-refractivity contribution in [2.24, 2.45) is 11.3 Å². The molecule has 0 aliphatic carbocycles. The Labute approximate surface area is 121 Å². The van der Waals surface area contributed by atoms with Gasteiger partial charge in [-0.1, -0.05) is 40.7 Å². The smallest absolute Gasteiger partial charge is 0.159 e. The van der Waals surface area contributed by atoms with E-state index in [2.05, 4.69) is 39.9 Å². The van der Waals surface area contributed by atoms with E-state index in [-0.39, 0.29) is 11.5 Å². The van der Waals surface area contributed by atoms with Crippen molar-refractivity contribution >= 4 is 0 Å². The van der Waals surface area contributed by atoms with Gasteiger partial charge in [0.05, 0.1) is 0 Å². The summed E-state index contributed by atoms with van der Waals surface area (Å²) in [5, 5.41) is 3.45. The van der Waals surface area contributed by atoms with Crippen molar-refractivity contribution in [3.63, 3.8) is 0 Å². The molecular weight excluding hydrogens is 256 g/mol. The summed E-state index contributed by atoms with van der Waals surface area (Å²) in [5.74, 6) is -1.08. The summed E-state index contributed by atoms with van der Waals surface area (Å²) in [7, 11) is 0. The van der Waals surface area contributed by atoms with Gasteiger partial charge >= 0.3 is 0 Å². The predicted octanol–water partition coefficient (Wildman–Crippen LogP) is 5.08. The van der Waals surface area contributed by atoms with Gasteiger partial charge in [0.2, 0.25) is 0 Å². The van der Waals surface area contributed by atoms with E-state index >= 15 is 0 Å². The van der Waals surface area contributed by atoms with Gasteiger partial charge in [-0.3, -0.25) is 0 Å². The average Bonchev–Trinajstić information content (AvgIpc) is 2.36. The zero-order valence-electron chi connectivity index (χ0n) is 13.3. The fraction of sp³-hybridized carbons (Fsp3) is 0.647. The van der Waals surface area contributed by atoms with Crippen molar-refractivity contribution in [2.75, 3.05) is 6.54 Å². The summed E-state index contributed by atoms with van der Waals surface area (Å²) in [4.78, 5) is 0. The highest BCUT2D eigenvalue weighted by atomic mass is 19.2. The highest BCUT2D eigenvalue weighted by Crippen LogP contribution is 2.33. The highest BCUT2D eigenvalue weighted by molar-refractivity contribution is 5.21. The van der Waals surface area contributed by atoms with Gasteiger partial charge in [0.15, 0.2) is 11.6 Å². The van der Waals surface area contributed by atoms with E-state index in [1.165, 1.54) is 12.1 Å². The lowest BCUT2D eigenvalue weighted by Gasteiger charge is -2.31. The molecule has 0 aromatic heterocycles. The molecule has 0 saturated heterocycles. The Hall–Kier alpha value is -0.960. The Balaban J connectivity index is 2.90. The van der Waals surface area contributed by atoms with Crippen LogP contribution >= 0.6 is 0 Å². The Bertz CT molecular complexity index is 423. The molecule has 0 bridgehead atoms. The summed E-state index contributed by atoms with van der Waals surface area (Å²) in [5.41, 5.74) is 1.03. The van der Waals surface area contributed by atoms with Gasteiger partial charge in [0, 0.05) is 6.04 Å². The Kier molecular flexibility index (Phi) is 6.12. The number of rotatable bonds is 6. The van der Waals surface area contributed by atoms with Crippen LogP contribution in [0.2, 0.25) is 0 Å². The highest BCUT2D eigenvalue weighted by Gasteiger charge is 2.24. The maximum Gasteiger partial charge on any atom is 0.159 e. The second-order valence-electron chi connectivity index (χ2n) is 6.68. The maximum atomic E-state index is 13.4. The zero-order valence-corrected chi connectivity index (χ0v) is 13.3. The third kappa shape index (κ3) is 4.86. The van der Waals surface area contributed by atoms with E-state index in [0.29, 0.717) is 5.92 Å². The van der Waals surface area contributed by atoms with Crippen LogP contribution in [-0.2, 0) is 0 Å². The quantitative estimate of drug-likeness (QED) is 0.768. The summed E-state index contributed by atoms with van der Waals surface area (Å²) < 4.78 is 26.5. The number of hydrogen-bond acceptors (Lipinski definition) is 1. The molecule has 2 atom stereocenters. The SMILES string of the molecule is CCCNC(CC(C)C(C)(C)C)c1ccc(F)c(F)c1. The van der Waals surface area contributed by atoms with Gasteiger partial charge in [0.25, 0.3) is 0 Å². The fourth-order valence-corrected chi connectivity index (χ4v) is 2.09. The standard InChI is InChI=1S/C17H27F2N/c1-6-9-20-16(10-12(2)17(3,4)5)13-7-8-14(18)15(19)11-13/h7-8,11-12,16,20H,6,9-10H2,1-5H3. The first kappa shape index (κ1) is 17.1. The summed E-state index contributed by atoms with van der Waals surface area (Å²) in [6, 6.07) is 4.28. The summed E-state index contributed by atoms with van der Waals surface area (Å²) >= 11 is 0. The lowest BCUT2D eigenvalue weighted by Crippen LogP contribution is -2.28. The molecule has 0 radical (unpaired) electrons. The van der Waals surface area contributed by atoms with Crippen molar-refractivity contribution in [1.29, 1.82) is 0 Å². The molecule has 1 N–H and O–H groups in total. The first-order chi connectivity index (χ1) is 9.25. The van der Waals surface area contributed by atoms with E-state index in [4.69, 9.17) is 0 Å². The number of benzene rings is 1. The van der Waals surface area contributed by atoms with Gasteiger partial charge in [0.1, 0.15) is 0 Å². The lowest BCUT2D eigenvalue weighted by atomic mass is 9.77. The molecule has 1 nitrogen and oxygen atoms in total. The van der Waals surface area contributed by atoms with Crippen molar-refractivity contribution in [3.8, 4) is 0 Å². The van der Waals surface area contributed by atoms with Crippen LogP contribution in [0.5, 0.6) is 0 Å². The monoisotopic (exact) mass is 283 g/mol. The fourth-order valence-electron chi connectivity index (χ4n) is 2.09. The molecule has 20 heavy (non-hydrogen) atoms. The molecule has 3 heteroatoms. The molecule has 1 rings (SSSR count). The lowest BCUT2D eigenvalue weighted by molar-refractivity contribution is 0.223. The van der Waals surface area contributed by atoms with Crippen LogP contribution < -0.4 is 5.32 Å². The van der Waals surface area contributed by atoms with Crippen LogP contribution in [0.3, 0.4) is 0 Å². The second kappa shape index (κ2) is 7.16. The molecule has 0 saturated carbocycles. The first-order valence-corrected chi connectivity index (χ1v) is 7.44. The van der Waals surface area contributed by atoms with Crippen LogP contribution in [0.1, 0.15) is 59.1 Å². The molecule has 0 amide bonds. The normalized spacial score (nSPS) is 15.2. The van der Waals surface area contributed by atoms with Crippen molar-refractivity contribution in [2.45, 2.75) is 53.5 Å². The van der Waals surface area contributed by atoms with Gasteiger partial charge in [-0.05, 0) is 48.4 Å². The second-order valence-corrected chi connectivity index (χ2v) is 6.68. The van der Waals surface area contributed by atoms with Crippen LogP contribution in [0.15, 0.2) is 18.2 Å². The predicted molar refractivity (Wildman–Crippen MR) is 80.6 cm³/mol. The van der Waals surface area contributed by atoms with Crippen molar-refractivity contribution in [3.05, 3.63) is 35.4 Å². The molecule has 0 fully saturated rings. The number of hydrogen-bond donors (Lipinski definition) is 1. The van der Waals surface area contributed by atoms with Crippen LogP contribution in [0.25, 0.3) is 0 Å².